The summed E-state index contributed by atoms with van der Waals surface area (Å²) < 4.78 is 0. The molecule has 1 N–H and O–H groups in total. The average molecular weight is 224 g/mol. The SMILES string of the molecule is CCCCCC(C)(C)NN=C1CCCCC1. The summed E-state index contributed by atoms with van der Waals surface area (Å²) in [6.45, 7) is 6.77. The van der Waals surface area contributed by atoms with Crippen molar-refractivity contribution in [2.75, 3.05) is 0 Å². The summed E-state index contributed by atoms with van der Waals surface area (Å²) in [5, 5.41) is 4.60. The lowest BCUT2D eigenvalue weighted by Gasteiger charge is -2.25. The Morgan fingerprint density at radius 3 is 2.44 bits per heavy atom. The van der Waals surface area contributed by atoms with E-state index < -0.39 is 0 Å². The van der Waals surface area contributed by atoms with E-state index in [9.17, 15) is 0 Å². The van der Waals surface area contributed by atoms with E-state index >= 15 is 0 Å². The molecule has 0 bridgehead atoms. The molecule has 0 radical (unpaired) electrons. The molecule has 1 saturated carbocycles. The molecule has 1 aliphatic rings. The molecule has 2 nitrogen and oxygen atoms in total. The number of hydrogen-bond acceptors (Lipinski definition) is 2. The summed E-state index contributed by atoms with van der Waals surface area (Å²) in [5.41, 5.74) is 4.93. The fourth-order valence-electron chi connectivity index (χ4n) is 2.17. The molecular formula is C14H28N2. The van der Waals surface area contributed by atoms with Crippen molar-refractivity contribution in [2.24, 2.45) is 5.10 Å². The largest absolute Gasteiger partial charge is 0.305 e. The molecule has 0 spiro atoms. The first kappa shape index (κ1) is 13.5. The summed E-state index contributed by atoms with van der Waals surface area (Å²) in [5.74, 6) is 0. The predicted octanol–water partition coefficient (Wildman–Crippen LogP) is 4.26. The third kappa shape index (κ3) is 5.53. The highest BCUT2D eigenvalue weighted by Crippen LogP contribution is 2.17. The first-order chi connectivity index (χ1) is 7.64. The summed E-state index contributed by atoms with van der Waals surface area (Å²) >= 11 is 0. The van der Waals surface area contributed by atoms with Gasteiger partial charge in [0.25, 0.3) is 0 Å². The summed E-state index contributed by atoms with van der Waals surface area (Å²) in [7, 11) is 0. The molecular weight excluding hydrogens is 196 g/mol. The first-order valence-electron chi connectivity index (χ1n) is 6.96. The Morgan fingerprint density at radius 1 is 1.12 bits per heavy atom. The van der Waals surface area contributed by atoms with Crippen molar-refractivity contribution in [3.8, 4) is 0 Å². The third-order valence-electron chi connectivity index (χ3n) is 3.35. The maximum absolute atomic E-state index is 4.60. The van der Waals surface area contributed by atoms with E-state index in [2.05, 4.69) is 31.3 Å². The zero-order chi connectivity index (χ0) is 11.9. The Bertz CT molecular complexity index is 211. The molecule has 1 aliphatic carbocycles. The number of rotatable bonds is 6. The van der Waals surface area contributed by atoms with Crippen molar-refractivity contribution in [3.63, 3.8) is 0 Å². The van der Waals surface area contributed by atoms with Gasteiger partial charge in [0, 0.05) is 11.3 Å². The van der Waals surface area contributed by atoms with Gasteiger partial charge in [-0.2, -0.15) is 5.10 Å². The Morgan fingerprint density at radius 2 is 1.81 bits per heavy atom. The van der Waals surface area contributed by atoms with Crippen molar-refractivity contribution in [1.82, 2.24) is 5.43 Å². The van der Waals surface area contributed by atoms with Gasteiger partial charge in [-0.05, 0) is 46.0 Å². The normalized spacial score (nSPS) is 17.3. The molecule has 1 fully saturated rings. The molecule has 2 heteroatoms. The Labute approximate surface area is 101 Å². The molecule has 0 amide bonds. The van der Waals surface area contributed by atoms with E-state index in [-0.39, 0.29) is 5.54 Å². The Hall–Kier alpha value is -0.530. The van der Waals surface area contributed by atoms with Crippen LogP contribution < -0.4 is 5.43 Å². The number of hydrogen-bond donors (Lipinski definition) is 1. The fraction of sp³-hybridized carbons (Fsp3) is 0.929. The highest BCUT2D eigenvalue weighted by Gasteiger charge is 2.16. The van der Waals surface area contributed by atoms with E-state index in [1.54, 1.807) is 0 Å². The van der Waals surface area contributed by atoms with Crippen molar-refractivity contribution in [1.29, 1.82) is 0 Å². The lowest BCUT2D eigenvalue weighted by atomic mass is 9.97. The van der Waals surface area contributed by atoms with Gasteiger partial charge in [-0.3, -0.25) is 0 Å². The molecule has 0 saturated heterocycles. The van der Waals surface area contributed by atoms with Crippen LogP contribution in [0.4, 0.5) is 0 Å². The van der Waals surface area contributed by atoms with E-state index in [1.165, 1.54) is 63.5 Å². The van der Waals surface area contributed by atoms with Crippen molar-refractivity contribution in [2.45, 2.75) is 84.1 Å². The molecule has 0 aromatic rings. The van der Waals surface area contributed by atoms with Crippen LogP contribution in [-0.2, 0) is 0 Å². The standard InChI is InChI=1S/C14H28N2/c1-4-5-9-12-14(2,3)16-15-13-10-7-6-8-11-13/h16H,4-12H2,1-3H3. The van der Waals surface area contributed by atoms with Gasteiger partial charge >= 0.3 is 0 Å². The van der Waals surface area contributed by atoms with Crippen LogP contribution >= 0.6 is 0 Å². The molecule has 1 rings (SSSR count). The minimum Gasteiger partial charge on any atom is -0.305 e. The highest BCUT2D eigenvalue weighted by molar-refractivity contribution is 5.84. The molecule has 94 valence electrons. The maximum Gasteiger partial charge on any atom is 0.0492 e. The Kier molecular flexibility index (Phi) is 5.86. The van der Waals surface area contributed by atoms with E-state index in [0.717, 1.165) is 0 Å². The zero-order valence-electron chi connectivity index (χ0n) is 11.3. The van der Waals surface area contributed by atoms with Gasteiger partial charge in [-0.1, -0.05) is 32.6 Å². The molecule has 0 aromatic carbocycles. The first-order valence-corrected chi connectivity index (χ1v) is 6.96. The summed E-state index contributed by atoms with van der Waals surface area (Å²) in [6, 6.07) is 0. The maximum atomic E-state index is 4.60. The number of hydrazone groups is 1. The van der Waals surface area contributed by atoms with E-state index in [4.69, 9.17) is 0 Å². The lowest BCUT2D eigenvalue weighted by molar-refractivity contribution is 0.356. The highest BCUT2D eigenvalue weighted by atomic mass is 15.3. The molecule has 0 aliphatic heterocycles. The van der Waals surface area contributed by atoms with Crippen LogP contribution in [0.5, 0.6) is 0 Å². The minimum atomic E-state index is 0.166. The molecule has 16 heavy (non-hydrogen) atoms. The van der Waals surface area contributed by atoms with Crippen molar-refractivity contribution in [3.05, 3.63) is 0 Å². The van der Waals surface area contributed by atoms with Crippen molar-refractivity contribution < 1.29 is 0 Å². The van der Waals surface area contributed by atoms with Crippen LogP contribution in [-0.4, -0.2) is 11.3 Å². The summed E-state index contributed by atoms with van der Waals surface area (Å²) in [4.78, 5) is 0. The van der Waals surface area contributed by atoms with E-state index in [1.807, 2.05) is 0 Å². The van der Waals surface area contributed by atoms with Crippen molar-refractivity contribution >= 4 is 5.71 Å². The second kappa shape index (κ2) is 6.93. The average Bonchev–Trinajstić information content (AvgIpc) is 2.28. The molecule has 0 aromatic heterocycles. The van der Waals surface area contributed by atoms with Crippen LogP contribution in [0.3, 0.4) is 0 Å². The van der Waals surface area contributed by atoms with Crippen LogP contribution in [0.1, 0.15) is 78.6 Å². The van der Waals surface area contributed by atoms with Gasteiger partial charge in [0.15, 0.2) is 0 Å². The van der Waals surface area contributed by atoms with Gasteiger partial charge in [0.1, 0.15) is 0 Å². The molecule has 0 unspecified atom stereocenters. The third-order valence-corrected chi connectivity index (χ3v) is 3.35. The van der Waals surface area contributed by atoms with Crippen LogP contribution in [0.15, 0.2) is 5.10 Å². The van der Waals surface area contributed by atoms with Crippen LogP contribution in [0, 0.1) is 0 Å². The number of nitrogens with one attached hydrogen (secondary N) is 1. The monoisotopic (exact) mass is 224 g/mol. The minimum absolute atomic E-state index is 0.166. The fourth-order valence-corrected chi connectivity index (χ4v) is 2.17. The molecule has 0 atom stereocenters. The topological polar surface area (TPSA) is 24.4 Å². The lowest BCUT2D eigenvalue weighted by Crippen LogP contribution is -2.36. The van der Waals surface area contributed by atoms with Crippen LogP contribution in [0.2, 0.25) is 0 Å². The second-order valence-electron chi connectivity index (χ2n) is 5.69. The molecule has 0 heterocycles. The number of nitrogens with zero attached hydrogens (tertiary/aromatic N) is 1. The smallest absolute Gasteiger partial charge is 0.0492 e. The Balaban J connectivity index is 2.27. The van der Waals surface area contributed by atoms with Gasteiger partial charge in [-0.25, -0.2) is 0 Å². The van der Waals surface area contributed by atoms with Gasteiger partial charge in [0.05, 0.1) is 0 Å². The quantitative estimate of drug-likeness (QED) is 0.529. The van der Waals surface area contributed by atoms with E-state index in [0.29, 0.717) is 0 Å². The van der Waals surface area contributed by atoms with Gasteiger partial charge < -0.3 is 5.43 Å². The summed E-state index contributed by atoms with van der Waals surface area (Å²) in [6.07, 6.45) is 11.6. The number of unbranched alkanes of at least 4 members (excludes halogenated alkanes) is 2. The predicted molar refractivity (Wildman–Crippen MR) is 71.9 cm³/mol. The van der Waals surface area contributed by atoms with Gasteiger partial charge in [0.2, 0.25) is 0 Å². The van der Waals surface area contributed by atoms with Crippen LogP contribution in [0.25, 0.3) is 0 Å². The zero-order valence-corrected chi connectivity index (χ0v) is 11.3. The second-order valence-corrected chi connectivity index (χ2v) is 5.69. The van der Waals surface area contributed by atoms with Gasteiger partial charge in [-0.15, -0.1) is 0 Å².